The van der Waals surface area contributed by atoms with Gasteiger partial charge in [0.15, 0.2) is 5.96 Å². The number of nitrogens with zero attached hydrogens (tertiary/aromatic N) is 3. The molecule has 0 aromatic heterocycles. The van der Waals surface area contributed by atoms with Crippen molar-refractivity contribution in [3.8, 4) is 0 Å². The van der Waals surface area contributed by atoms with Crippen molar-refractivity contribution in [2.24, 2.45) is 16.3 Å². The Balaban J connectivity index is 0.00000192. The minimum absolute atomic E-state index is 0. The van der Waals surface area contributed by atoms with Crippen LogP contribution in [-0.2, 0) is 4.74 Å². The van der Waals surface area contributed by atoms with Gasteiger partial charge in [-0.1, -0.05) is 31.0 Å². The number of aliphatic imine (C=N–C) groups is 1. The largest absolute Gasteiger partial charge is 0.377 e. The number of para-hydroxylation sites is 1. The summed E-state index contributed by atoms with van der Waals surface area (Å²) in [7, 11) is 1.94. The molecule has 2 aliphatic heterocycles. The van der Waals surface area contributed by atoms with Crippen LogP contribution in [0, 0.1) is 11.3 Å². The zero-order valence-corrected chi connectivity index (χ0v) is 19.2. The molecule has 4 aliphatic rings. The molecule has 1 spiro atoms. The number of nitrogens with one attached hydrogen (secondary N) is 1. The van der Waals surface area contributed by atoms with Crippen molar-refractivity contribution in [2.45, 2.75) is 44.2 Å². The molecule has 4 fully saturated rings. The molecule has 0 amide bonds. The first kappa shape index (κ1) is 20.3. The number of fused-ring (bicyclic) bond motifs is 2. The van der Waals surface area contributed by atoms with Gasteiger partial charge in [-0.2, -0.15) is 0 Å². The molecule has 6 heteroatoms. The van der Waals surface area contributed by atoms with E-state index in [1.165, 1.54) is 37.8 Å². The molecular weight excluding hydrogens is 463 g/mol. The van der Waals surface area contributed by atoms with Crippen molar-refractivity contribution in [3.05, 3.63) is 30.3 Å². The Kier molecular flexibility index (Phi) is 6.06. The summed E-state index contributed by atoms with van der Waals surface area (Å²) in [5.41, 5.74) is 1.71. The van der Waals surface area contributed by atoms with Gasteiger partial charge in [-0.25, -0.2) is 0 Å². The summed E-state index contributed by atoms with van der Waals surface area (Å²) >= 11 is 0. The third kappa shape index (κ3) is 3.30. The molecule has 2 heterocycles. The highest BCUT2D eigenvalue weighted by Crippen LogP contribution is 2.60. The van der Waals surface area contributed by atoms with E-state index in [4.69, 9.17) is 4.74 Å². The number of piperazine rings is 1. The van der Waals surface area contributed by atoms with Crippen LogP contribution >= 0.6 is 24.0 Å². The SMILES string of the molecule is CN=C(NC1C2CCOC2C12CCCC2)N1CCN(c2ccccc2)CC1.I. The van der Waals surface area contributed by atoms with Crippen LogP contribution < -0.4 is 10.2 Å². The quantitative estimate of drug-likeness (QED) is 0.388. The van der Waals surface area contributed by atoms with Crippen LogP contribution in [0.25, 0.3) is 0 Å². The van der Waals surface area contributed by atoms with Crippen LogP contribution in [0.3, 0.4) is 0 Å². The molecule has 2 saturated heterocycles. The Bertz CT molecular complexity index is 683. The lowest BCUT2D eigenvalue weighted by Crippen LogP contribution is -2.70. The van der Waals surface area contributed by atoms with E-state index < -0.39 is 0 Å². The second-order valence-electron chi connectivity index (χ2n) is 8.66. The molecule has 1 N–H and O–H groups in total. The number of hydrogen-bond donors (Lipinski definition) is 1. The van der Waals surface area contributed by atoms with Crippen molar-refractivity contribution < 1.29 is 4.74 Å². The monoisotopic (exact) mass is 496 g/mol. The third-order valence-electron chi connectivity index (χ3n) is 7.48. The van der Waals surface area contributed by atoms with Crippen LogP contribution in [0.15, 0.2) is 35.3 Å². The maximum absolute atomic E-state index is 6.14. The summed E-state index contributed by atoms with van der Waals surface area (Å²) in [6.07, 6.45) is 7.08. The first-order valence-electron chi connectivity index (χ1n) is 10.7. The van der Waals surface area contributed by atoms with Crippen LogP contribution in [0.1, 0.15) is 32.1 Å². The van der Waals surface area contributed by atoms with Gasteiger partial charge in [0.2, 0.25) is 0 Å². The highest BCUT2D eigenvalue weighted by atomic mass is 127. The van der Waals surface area contributed by atoms with E-state index in [2.05, 4.69) is 50.4 Å². The van der Waals surface area contributed by atoms with Gasteiger partial charge >= 0.3 is 0 Å². The summed E-state index contributed by atoms with van der Waals surface area (Å²) in [5.74, 6) is 1.79. The fraction of sp³-hybridized carbons (Fsp3) is 0.682. The number of hydrogen-bond acceptors (Lipinski definition) is 3. The van der Waals surface area contributed by atoms with Gasteiger partial charge in [-0.3, -0.25) is 4.99 Å². The second-order valence-corrected chi connectivity index (χ2v) is 8.66. The van der Waals surface area contributed by atoms with Crippen LogP contribution in [-0.4, -0.2) is 62.8 Å². The predicted octanol–water partition coefficient (Wildman–Crippen LogP) is 3.35. The fourth-order valence-corrected chi connectivity index (χ4v) is 6.16. The van der Waals surface area contributed by atoms with E-state index in [1.54, 1.807) is 0 Å². The van der Waals surface area contributed by atoms with E-state index in [9.17, 15) is 0 Å². The lowest BCUT2D eigenvalue weighted by atomic mass is 9.54. The van der Waals surface area contributed by atoms with Crippen molar-refractivity contribution in [1.29, 1.82) is 0 Å². The number of benzene rings is 1. The van der Waals surface area contributed by atoms with E-state index in [1.807, 2.05) is 7.05 Å². The van der Waals surface area contributed by atoms with Crippen LogP contribution in [0.4, 0.5) is 5.69 Å². The Labute approximate surface area is 185 Å². The van der Waals surface area contributed by atoms with Gasteiger partial charge in [-0.05, 0) is 31.4 Å². The molecular formula is C22H33IN4O. The van der Waals surface area contributed by atoms with Crippen LogP contribution in [0.5, 0.6) is 0 Å². The minimum Gasteiger partial charge on any atom is -0.377 e. The molecule has 3 atom stereocenters. The Morgan fingerprint density at radius 3 is 2.50 bits per heavy atom. The molecule has 154 valence electrons. The molecule has 1 aromatic rings. The van der Waals surface area contributed by atoms with Gasteiger partial charge in [0.25, 0.3) is 0 Å². The van der Waals surface area contributed by atoms with Crippen molar-refractivity contribution in [1.82, 2.24) is 10.2 Å². The summed E-state index contributed by atoms with van der Waals surface area (Å²) in [6, 6.07) is 11.3. The summed E-state index contributed by atoms with van der Waals surface area (Å²) in [4.78, 5) is 9.60. The molecule has 2 saturated carbocycles. The summed E-state index contributed by atoms with van der Waals surface area (Å²) in [6.45, 7) is 5.10. The number of ether oxygens (including phenoxy) is 1. The van der Waals surface area contributed by atoms with Crippen LogP contribution in [0.2, 0.25) is 0 Å². The first-order chi connectivity index (χ1) is 13.3. The maximum Gasteiger partial charge on any atom is 0.194 e. The van der Waals surface area contributed by atoms with Gasteiger partial charge < -0.3 is 19.9 Å². The zero-order chi connectivity index (χ0) is 18.3. The molecule has 0 radical (unpaired) electrons. The average molecular weight is 496 g/mol. The first-order valence-corrected chi connectivity index (χ1v) is 10.7. The van der Waals surface area contributed by atoms with E-state index >= 15 is 0 Å². The summed E-state index contributed by atoms with van der Waals surface area (Å²) in [5, 5.41) is 3.91. The normalized spacial score (nSPS) is 31.3. The van der Waals surface area contributed by atoms with Crippen molar-refractivity contribution in [3.63, 3.8) is 0 Å². The van der Waals surface area contributed by atoms with Crippen molar-refractivity contribution in [2.75, 3.05) is 44.7 Å². The second kappa shape index (κ2) is 8.38. The van der Waals surface area contributed by atoms with E-state index in [0.717, 1.165) is 38.7 Å². The Morgan fingerprint density at radius 2 is 1.82 bits per heavy atom. The molecule has 28 heavy (non-hydrogen) atoms. The molecule has 5 nitrogen and oxygen atoms in total. The minimum atomic E-state index is 0. The molecule has 1 aromatic carbocycles. The lowest BCUT2D eigenvalue weighted by Gasteiger charge is -2.57. The number of guanidine groups is 1. The van der Waals surface area contributed by atoms with E-state index in [-0.39, 0.29) is 24.0 Å². The maximum atomic E-state index is 6.14. The number of rotatable bonds is 2. The lowest BCUT2D eigenvalue weighted by molar-refractivity contribution is -0.125. The smallest absolute Gasteiger partial charge is 0.194 e. The standard InChI is InChI=1S/C22H32N4O.HI/c1-23-21(26-14-12-25(13-15-26)17-7-3-2-4-8-17)24-19-18-9-16-27-20(18)22(19)10-5-6-11-22;/h2-4,7-8,18-20H,5-6,9-16H2,1H3,(H,23,24);1H. The zero-order valence-electron chi connectivity index (χ0n) is 16.8. The Hall–Kier alpha value is -1.02. The highest BCUT2D eigenvalue weighted by molar-refractivity contribution is 14.0. The number of halogens is 1. The highest BCUT2D eigenvalue weighted by Gasteiger charge is 2.65. The van der Waals surface area contributed by atoms with E-state index in [0.29, 0.717) is 23.5 Å². The van der Waals surface area contributed by atoms with Gasteiger partial charge in [0.05, 0.1) is 6.10 Å². The van der Waals surface area contributed by atoms with Gasteiger partial charge in [0, 0.05) is 62.9 Å². The molecule has 5 rings (SSSR count). The van der Waals surface area contributed by atoms with Crippen molar-refractivity contribution >= 4 is 35.6 Å². The molecule has 0 bridgehead atoms. The average Bonchev–Trinajstić information content (AvgIpc) is 3.39. The van der Waals surface area contributed by atoms with Gasteiger partial charge in [0.1, 0.15) is 0 Å². The summed E-state index contributed by atoms with van der Waals surface area (Å²) < 4.78 is 6.14. The third-order valence-corrected chi connectivity index (χ3v) is 7.48. The van der Waals surface area contributed by atoms with Gasteiger partial charge in [-0.15, -0.1) is 24.0 Å². The topological polar surface area (TPSA) is 40.1 Å². The molecule has 3 unspecified atom stereocenters. The number of anilines is 1. The fourth-order valence-electron chi connectivity index (χ4n) is 6.16. The molecule has 2 aliphatic carbocycles. The predicted molar refractivity (Wildman–Crippen MR) is 125 cm³/mol. The Morgan fingerprint density at radius 1 is 1.11 bits per heavy atom.